The van der Waals surface area contributed by atoms with Gasteiger partial charge in [0.1, 0.15) is 30.5 Å². The van der Waals surface area contributed by atoms with Crippen LogP contribution >= 0.6 is 0 Å². The molecule has 0 spiro atoms. The van der Waals surface area contributed by atoms with E-state index in [0.29, 0.717) is 5.69 Å². The standard InChI is InChI=1S/C21H20N6O7/c1-13(28)23-15-4-6-18(19(9-15)26(11-20(29)33-2)12-21(30)34-3)25-24-17-7-5-16(27(31)32)8-14(17)10-22/h4-9H,11-12H2,1-3H3,(H,23,28). The second-order valence-electron chi connectivity index (χ2n) is 6.66. The Kier molecular flexibility index (Phi) is 8.72. The predicted molar refractivity (Wildman–Crippen MR) is 119 cm³/mol. The number of nitrogens with one attached hydrogen (secondary N) is 1. The molecular weight excluding hydrogens is 448 g/mol. The van der Waals surface area contributed by atoms with Crippen LogP contribution in [-0.2, 0) is 23.9 Å². The number of hydrogen-bond donors (Lipinski definition) is 1. The molecule has 2 aromatic carbocycles. The fraction of sp³-hybridized carbons (Fsp3) is 0.238. The molecule has 13 heteroatoms. The Morgan fingerprint density at radius 3 is 2.18 bits per heavy atom. The Labute approximate surface area is 193 Å². The smallest absolute Gasteiger partial charge is 0.325 e. The molecule has 0 heterocycles. The van der Waals surface area contributed by atoms with Crippen LogP contribution in [0.3, 0.4) is 0 Å². The number of anilines is 2. The molecule has 1 amide bonds. The summed E-state index contributed by atoms with van der Waals surface area (Å²) < 4.78 is 9.39. The van der Waals surface area contributed by atoms with E-state index in [9.17, 15) is 29.8 Å². The van der Waals surface area contributed by atoms with Crippen LogP contribution in [0, 0.1) is 21.4 Å². The Bertz CT molecular complexity index is 1170. The van der Waals surface area contributed by atoms with E-state index in [4.69, 9.17) is 9.47 Å². The van der Waals surface area contributed by atoms with Gasteiger partial charge in [-0.25, -0.2) is 0 Å². The summed E-state index contributed by atoms with van der Waals surface area (Å²) in [5, 5.41) is 31.0. The number of amides is 1. The van der Waals surface area contributed by atoms with Crippen LogP contribution in [-0.4, -0.2) is 50.1 Å². The van der Waals surface area contributed by atoms with Gasteiger partial charge in [-0.15, -0.1) is 10.2 Å². The van der Waals surface area contributed by atoms with E-state index in [1.165, 1.54) is 56.4 Å². The highest BCUT2D eigenvalue weighted by atomic mass is 16.6. The summed E-state index contributed by atoms with van der Waals surface area (Å²) in [6, 6.07) is 9.81. The number of nitro groups is 1. The molecule has 0 fully saturated rings. The van der Waals surface area contributed by atoms with Gasteiger partial charge >= 0.3 is 11.9 Å². The molecule has 34 heavy (non-hydrogen) atoms. The molecule has 0 bridgehead atoms. The van der Waals surface area contributed by atoms with E-state index >= 15 is 0 Å². The zero-order valence-electron chi connectivity index (χ0n) is 18.5. The van der Waals surface area contributed by atoms with Gasteiger partial charge < -0.3 is 19.7 Å². The number of esters is 2. The van der Waals surface area contributed by atoms with Crippen molar-refractivity contribution in [2.75, 3.05) is 37.5 Å². The Balaban J connectivity index is 2.57. The first-order valence-electron chi connectivity index (χ1n) is 9.59. The van der Waals surface area contributed by atoms with Gasteiger partial charge in [0, 0.05) is 24.7 Å². The second-order valence-corrected chi connectivity index (χ2v) is 6.66. The fourth-order valence-corrected chi connectivity index (χ4v) is 2.73. The van der Waals surface area contributed by atoms with Crippen molar-refractivity contribution in [3.05, 3.63) is 52.1 Å². The van der Waals surface area contributed by atoms with Crippen molar-refractivity contribution < 1.29 is 28.8 Å². The average Bonchev–Trinajstić information content (AvgIpc) is 2.81. The number of benzene rings is 2. The van der Waals surface area contributed by atoms with Gasteiger partial charge in [-0.1, -0.05) is 0 Å². The van der Waals surface area contributed by atoms with Crippen molar-refractivity contribution in [3.63, 3.8) is 0 Å². The summed E-state index contributed by atoms with van der Waals surface area (Å²) in [6.07, 6.45) is 0. The quantitative estimate of drug-likeness (QED) is 0.251. The molecule has 176 valence electrons. The zero-order valence-corrected chi connectivity index (χ0v) is 18.5. The van der Waals surface area contributed by atoms with Gasteiger partial charge in [-0.05, 0) is 24.3 Å². The van der Waals surface area contributed by atoms with E-state index in [2.05, 4.69) is 15.5 Å². The van der Waals surface area contributed by atoms with Crippen molar-refractivity contribution in [2.45, 2.75) is 6.92 Å². The summed E-state index contributed by atoms with van der Waals surface area (Å²) in [6.45, 7) is 0.614. The van der Waals surface area contributed by atoms with Crippen LogP contribution in [0.15, 0.2) is 46.6 Å². The lowest BCUT2D eigenvalue weighted by Gasteiger charge is -2.24. The van der Waals surface area contributed by atoms with E-state index in [1.54, 1.807) is 0 Å². The van der Waals surface area contributed by atoms with Crippen LogP contribution in [0.1, 0.15) is 12.5 Å². The summed E-state index contributed by atoms with van der Waals surface area (Å²) >= 11 is 0. The number of nitriles is 1. The number of azo groups is 1. The number of non-ortho nitro benzene ring substituents is 1. The second kappa shape index (κ2) is 11.7. The number of nitrogens with zero attached hydrogens (tertiary/aromatic N) is 5. The lowest BCUT2D eigenvalue weighted by molar-refractivity contribution is -0.384. The molecule has 2 aromatic rings. The first-order valence-corrected chi connectivity index (χ1v) is 9.59. The van der Waals surface area contributed by atoms with Crippen LogP contribution in [0.4, 0.5) is 28.4 Å². The molecule has 0 atom stereocenters. The monoisotopic (exact) mass is 468 g/mol. The molecule has 0 saturated carbocycles. The first-order chi connectivity index (χ1) is 16.2. The number of nitro benzene ring substituents is 1. The number of rotatable bonds is 9. The van der Waals surface area contributed by atoms with E-state index < -0.39 is 16.9 Å². The minimum atomic E-state index is -0.654. The van der Waals surface area contributed by atoms with Crippen molar-refractivity contribution >= 4 is 46.3 Å². The van der Waals surface area contributed by atoms with Crippen molar-refractivity contribution in [2.24, 2.45) is 10.2 Å². The molecule has 0 radical (unpaired) electrons. The lowest BCUT2D eigenvalue weighted by Crippen LogP contribution is -2.35. The molecule has 0 saturated heterocycles. The maximum Gasteiger partial charge on any atom is 0.325 e. The fourth-order valence-electron chi connectivity index (χ4n) is 2.73. The molecule has 0 aliphatic heterocycles. The third-order valence-corrected chi connectivity index (χ3v) is 4.31. The number of hydrogen-bond acceptors (Lipinski definition) is 11. The molecule has 1 N–H and O–H groups in total. The SMILES string of the molecule is COC(=O)CN(CC(=O)OC)c1cc(NC(C)=O)ccc1N=Nc1ccc([N+](=O)[O-])cc1C#N. The van der Waals surface area contributed by atoms with E-state index in [1.807, 2.05) is 6.07 Å². The molecule has 0 aliphatic rings. The van der Waals surface area contributed by atoms with Crippen LogP contribution in [0.5, 0.6) is 0 Å². The third kappa shape index (κ3) is 6.82. The van der Waals surface area contributed by atoms with Gasteiger partial charge in [0.25, 0.3) is 5.69 Å². The number of carbonyl (C=O) groups is 3. The highest BCUT2D eigenvalue weighted by Gasteiger charge is 2.20. The minimum absolute atomic E-state index is 0.0671. The van der Waals surface area contributed by atoms with Gasteiger partial charge in [0.2, 0.25) is 5.91 Å². The normalized spacial score (nSPS) is 10.3. The molecule has 0 aliphatic carbocycles. The number of methoxy groups -OCH3 is 2. The van der Waals surface area contributed by atoms with Crippen LogP contribution in [0.25, 0.3) is 0 Å². The van der Waals surface area contributed by atoms with Crippen molar-refractivity contribution in [1.29, 1.82) is 5.26 Å². The largest absolute Gasteiger partial charge is 0.468 e. The maximum atomic E-state index is 12.0. The van der Waals surface area contributed by atoms with Gasteiger partial charge in [0.05, 0.1) is 30.4 Å². The molecule has 2 rings (SSSR count). The average molecular weight is 468 g/mol. The third-order valence-electron chi connectivity index (χ3n) is 4.31. The van der Waals surface area contributed by atoms with Gasteiger partial charge in [0.15, 0.2) is 0 Å². The summed E-state index contributed by atoms with van der Waals surface area (Å²) in [5.74, 6) is -1.66. The van der Waals surface area contributed by atoms with E-state index in [0.717, 1.165) is 6.07 Å². The molecule has 13 nitrogen and oxygen atoms in total. The Hall–Kier alpha value is -4.86. The molecular formula is C21H20N6O7. The minimum Gasteiger partial charge on any atom is -0.468 e. The first kappa shape index (κ1) is 25.4. The number of ether oxygens (including phenoxy) is 2. The number of carbonyl (C=O) groups excluding carboxylic acids is 3. The Morgan fingerprint density at radius 2 is 1.65 bits per heavy atom. The molecule has 0 aromatic heterocycles. The van der Waals surface area contributed by atoms with Crippen molar-refractivity contribution in [1.82, 2.24) is 0 Å². The van der Waals surface area contributed by atoms with E-state index in [-0.39, 0.29) is 47.3 Å². The topological polar surface area (TPSA) is 177 Å². The summed E-state index contributed by atoms with van der Waals surface area (Å²) in [4.78, 5) is 47.0. The lowest BCUT2D eigenvalue weighted by atomic mass is 10.2. The predicted octanol–water partition coefficient (Wildman–Crippen LogP) is 2.99. The van der Waals surface area contributed by atoms with Crippen LogP contribution < -0.4 is 10.2 Å². The summed E-state index contributed by atoms with van der Waals surface area (Å²) in [7, 11) is 2.37. The van der Waals surface area contributed by atoms with Gasteiger partial charge in [-0.2, -0.15) is 5.26 Å². The molecule has 0 unspecified atom stereocenters. The highest BCUT2D eigenvalue weighted by Crippen LogP contribution is 2.34. The Morgan fingerprint density at radius 1 is 1.06 bits per heavy atom. The van der Waals surface area contributed by atoms with Crippen LogP contribution in [0.2, 0.25) is 0 Å². The summed E-state index contributed by atoms with van der Waals surface area (Å²) in [5.41, 5.74) is 0.468. The zero-order chi connectivity index (χ0) is 25.3. The van der Waals surface area contributed by atoms with Crippen molar-refractivity contribution in [3.8, 4) is 6.07 Å². The maximum absolute atomic E-state index is 12.0. The highest BCUT2D eigenvalue weighted by molar-refractivity contribution is 5.91. The van der Waals surface area contributed by atoms with Gasteiger partial charge in [-0.3, -0.25) is 24.5 Å².